The van der Waals surface area contributed by atoms with E-state index in [4.69, 9.17) is 9.97 Å². The van der Waals surface area contributed by atoms with Crippen LogP contribution in [0.3, 0.4) is 0 Å². The summed E-state index contributed by atoms with van der Waals surface area (Å²) in [5.74, 6) is 0.393. The van der Waals surface area contributed by atoms with Gasteiger partial charge >= 0.3 is 0 Å². The molecule has 1 spiro atoms. The molecule has 4 fully saturated rings. The summed E-state index contributed by atoms with van der Waals surface area (Å²) in [5.41, 5.74) is 9.89. The van der Waals surface area contributed by atoms with Crippen LogP contribution in [0.5, 0.6) is 5.75 Å². The number of nitrogens with one attached hydrogen (secondary N) is 3. The lowest BCUT2D eigenvalue weighted by Gasteiger charge is -2.60. The van der Waals surface area contributed by atoms with E-state index in [2.05, 4.69) is 47.5 Å². The number of aromatic amines is 1. The molecule has 2 aromatic carbocycles. The molecule has 0 unspecified atom stereocenters. The summed E-state index contributed by atoms with van der Waals surface area (Å²) in [5, 5.41) is 37.2. The second kappa shape index (κ2) is 19.0. The number of carbonyl (C=O) groups is 3. The van der Waals surface area contributed by atoms with Crippen molar-refractivity contribution in [1.82, 2.24) is 50.6 Å². The van der Waals surface area contributed by atoms with Crippen LogP contribution < -0.4 is 15.5 Å². The van der Waals surface area contributed by atoms with E-state index in [1.54, 1.807) is 23.5 Å². The molecule has 2 saturated heterocycles. The molecule has 376 valence electrons. The minimum absolute atomic E-state index is 0.0137. The van der Waals surface area contributed by atoms with Crippen LogP contribution in [0.25, 0.3) is 32.7 Å². The smallest absolute Gasteiger partial charge is 0.246 e. The SMILES string of the molecule is Cc1ncsc1-c1ccc(CNC(=O)[C@@H]2C[C@@H](O)CN2C(=O)[C@@H](NC(=O)C2CC3(C2)CC(N2CCC(c4cnc(N5CCc6[nH]c7nnc(-c8ccccc8O)cc7c6[C@H]5C)nc4)CC2)C3)C(C)(C)C)cc1. The third-order valence-corrected chi connectivity index (χ3v) is 17.5. The Balaban J connectivity index is 0.644. The summed E-state index contributed by atoms with van der Waals surface area (Å²) in [6, 6.07) is 16.1. The Morgan fingerprint density at radius 2 is 1.68 bits per heavy atom. The van der Waals surface area contributed by atoms with E-state index in [0.29, 0.717) is 29.8 Å². The molecule has 11 rings (SSSR count). The number of β-amino-alcohol motifs (C(OH)–C–C–N with tert-alkyl or cyclic N) is 1. The van der Waals surface area contributed by atoms with Crippen molar-refractivity contribution >= 4 is 46.0 Å². The Morgan fingerprint density at radius 1 is 0.944 bits per heavy atom. The van der Waals surface area contributed by atoms with Crippen LogP contribution in [-0.4, -0.2) is 118 Å². The number of H-pyrrole nitrogens is 1. The summed E-state index contributed by atoms with van der Waals surface area (Å²) < 4.78 is 0. The van der Waals surface area contributed by atoms with Gasteiger partial charge in [0.1, 0.15) is 17.8 Å². The number of aliphatic hydroxyl groups excluding tert-OH is 1. The fraction of sp³-hybridized carbons (Fsp3) is 0.491. The largest absolute Gasteiger partial charge is 0.507 e. The number of rotatable bonds is 11. The van der Waals surface area contributed by atoms with Crippen LogP contribution >= 0.6 is 11.3 Å². The lowest BCUT2D eigenvalue weighted by atomic mass is 9.49. The summed E-state index contributed by atoms with van der Waals surface area (Å²) in [4.78, 5) is 66.9. The van der Waals surface area contributed by atoms with Crippen molar-refractivity contribution in [2.24, 2.45) is 16.7 Å². The maximum absolute atomic E-state index is 14.3. The topological polar surface area (TPSA) is 206 Å². The van der Waals surface area contributed by atoms with Gasteiger partial charge in [-0.1, -0.05) is 57.2 Å². The van der Waals surface area contributed by atoms with Gasteiger partial charge in [0.05, 0.1) is 33.9 Å². The minimum atomic E-state index is -0.841. The molecule has 4 atom stereocenters. The second-order valence-electron chi connectivity index (χ2n) is 22.3. The molecule has 72 heavy (non-hydrogen) atoms. The fourth-order valence-electron chi connectivity index (χ4n) is 12.4. The molecule has 16 nitrogen and oxygen atoms in total. The van der Waals surface area contributed by atoms with Crippen molar-refractivity contribution in [2.45, 2.75) is 129 Å². The van der Waals surface area contributed by atoms with Crippen molar-refractivity contribution in [3.63, 3.8) is 0 Å². The molecule has 0 radical (unpaired) electrons. The first-order valence-corrected chi connectivity index (χ1v) is 26.5. The van der Waals surface area contributed by atoms with Crippen molar-refractivity contribution in [3.8, 4) is 27.4 Å². The molecule has 0 bridgehead atoms. The molecule has 5 aliphatic rings. The van der Waals surface area contributed by atoms with Gasteiger partial charge in [0, 0.05) is 79.0 Å². The zero-order valence-corrected chi connectivity index (χ0v) is 42.6. The first-order chi connectivity index (χ1) is 34.6. The predicted octanol–water partition coefficient (Wildman–Crippen LogP) is 7.22. The van der Waals surface area contributed by atoms with Crippen molar-refractivity contribution in [3.05, 3.63) is 101 Å². The number of phenols is 1. The van der Waals surface area contributed by atoms with Gasteiger partial charge in [0.2, 0.25) is 23.7 Å². The van der Waals surface area contributed by atoms with Crippen molar-refractivity contribution in [2.75, 3.05) is 31.1 Å². The summed E-state index contributed by atoms with van der Waals surface area (Å²) in [7, 11) is 0. The number of benzene rings is 2. The number of piperidine rings is 1. The Morgan fingerprint density at radius 3 is 2.38 bits per heavy atom. The van der Waals surface area contributed by atoms with E-state index in [0.717, 1.165) is 115 Å². The maximum Gasteiger partial charge on any atom is 0.246 e. The van der Waals surface area contributed by atoms with Gasteiger partial charge in [-0.25, -0.2) is 15.0 Å². The number of hydrogen-bond donors (Lipinski definition) is 5. The highest BCUT2D eigenvalue weighted by Crippen LogP contribution is 2.60. The number of aliphatic hydroxyl groups is 1. The van der Waals surface area contributed by atoms with Gasteiger partial charge in [-0.2, -0.15) is 0 Å². The molecule has 6 aromatic rings. The van der Waals surface area contributed by atoms with E-state index >= 15 is 0 Å². The zero-order chi connectivity index (χ0) is 50.1. The third kappa shape index (κ3) is 9.12. The number of phenolic OH excluding ortho intramolecular Hbond substituents is 1. The molecule has 4 aromatic heterocycles. The molecule has 2 aliphatic carbocycles. The van der Waals surface area contributed by atoms with Gasteiger partial charge in [-0.05, 0) is 117 Å². The maximum atomic E-state index is 14.3. The van der Waals surface area contributed by atoms with Crippen LogP contribution in [-0.2, 0) is 27.3 Å². The van der Waals surface area contributed by atoms with Gasteiger partial charge < -0.3 is 40.5 Å². The lowest BCUT2D eigenvalue weighted by Crippen LogP contribution is -2.62. The van der Waals surface area contributed by atoms with Gasteiger partial charge in [-0.3, -0.25) is 14.4 Å². The number of nitrogens with zero attached hydrogens (tertiary/aromatic N) is 8. The summed E-state index contributed by atoms with van der Waals surface area (Å²) in [6.45, 7) is 13.1. The monoisotopic (exact) mass is 991 g/mol. The van der Waals surface area contributed by atoms with Crippen LogP contribution in [0.2, 0.25) is 0 Å². The molecular formula is C55H65N11O5S. The molecule has 2 saturated carbocycles. The van der Waals surface area contributed by atoms with Crippen LogP contribution in [0.1, 0.15) is 113 Å². The Kier molecular flexibility index (Phi) is 12.6. The highest BCUT2D eigenvalue weighted by Gasteiger charge is 2.57. The first kappa shape index (κ1) is 48.0. The number of likely N-dealkylation sites (tertiary alicyclic amines) is 2. The standard InChI is InChI=1S/C55H65N11O5S/c1-31-47(72-30-59-31)35-12-10-33(11-13-35)26-56-51(70)44-20-39(67)29-66(44)52(71)48(54(3,4)5)61-50(69)36-22-55(23-36)24-38(25-55)64-17-14-34(15-18-64)37-27-57-53(58-28-37)65-19-16-42-46(32(65)2)41-21-43(62-63-49(41)60-42)40-8-6-7-9-45(40)68/h6-13,21,27-28,30,32,34,36,38-39,44,48,67-68H,14-20,22-26,29H2,1-5H3,(H,56,70)(H,60,63)(H,61,69)/t32-,36?,38?,39-,44+,48-,55?/m1/s1. The van der Waals surface area contributed by atoms with Crippen LogP contribution in [0.15, 0.2) is 72.5 Å². The average Bonchev–Trinajstić information content (AvgIpc) is 4.08. The van der Waals surface area contributed by atoms with Crippen molar-refractivity contribution in [1.29, 1.82) is 0 Å². The van der Waals surface area contributed by atoms with E-state index < -0.39 is 23.6 Å². The molecule has 3 amide bonds. The van der Waals surface area contributed by atoms with Crippen LogP contribution in [0, 0.1) is 23.7 Å². The van der Waals surface area contributed by atoms with E-state index in [-0.39, 0.29) is 53.8 Å². The quantitative estimate of drug-likeness (QED) is 0.0873. The van der Waals surface area contributed by atoms with Crippen molar-refractivity contribution < 1.29 is 24.6 Å². The molecule has 7 heterocycles. The van der Waals surface area contributed by atoms with Crippen LogP contribution in [0.4, 0.5) is 5.95 Å². The predicted molar refractivity (Wildman–Crippen MR) is 276 cm³/mol. The zero-order valence-electron chi connectivity index (χ0n) is 41.8. The van der Waals surface area contributed by atoms with E-state index in [9.17, 15) is 24.6 Å². The average molecular weight is 992 g/mol. The minimum Gasteiger partial charge on any atom is -0.507 e. The number of fused-ring (bicyclic) bond motifs is 3. The van der Waals surface area contributed by atoms with E-state index in [1.165, 1.54) is 10.5 Å². The number of para-hydroxylation sites is 1. The Hall–Kier alpha value is -6.30. The van der Waals surface area contributed by atoms with Gasteiger partial charge in [0.15, 0.2) is 5.65 Å². The first-order valence-electron chi connectivity index (χ1n) is 25.7. The highest BCUT2D eigenvalue weighted by molar-refractivity contribution is 7.13. The lowest BCUT2D eigenvalue weighted by molar-refractivity contribution is -0.150. The van der Waals surface area contributed by atoms with Gasteiger partial charge in [0.25, 0.3) is 0 Å². The number of aromatic hydroxyl groups is 1. The normalized spacial score (nSPS) is 24.9. The molecular weight excluding hydrogens is 927 g/mol. The Labute approximate surface area is 424 Å². The molecule has 5 N–H and O–H groups in total. The number of aromatic nitrogens is 6. The summed E-state index contributed by atoms with van der Waals surface area (Å²) >= 11 is 1.59. The fourth-order valence-corrected chi connectivity index (χ4v) is 13.3. The number of aryl methyl sites for hydroxylation is 1. The number of anilines is 1. The Bertz CT molecular complexity index is 2980. The number of thiazole rings is 1. The van der Waals surface area contributed by atoms with Gasteiger partial charge in [-0.15, -0.1) is 21.5 Å². The molecule has 17 heteroatoms. The highest BCUT2D eigenvalue weighted by atomic mass is 32.1. The number of carbonyl (C=O) groups excluding carboxylic acids is 3. The number of hydrogen-bond acceptors (Lipinski definition) is 13. The van der Waals surface area contributed by atoms with E-state index in [1.807, 2.05) is 88.1 Å². The second-order valence-corrected chi connectivity index (χ2v) is 23.2. The third-order valence-electron chi connectivity index (χ3n) is 16.5. The molecule has 3 aliphatic heterocycles. The number of amides is 3. The summed E-state index contributed by atoms with van der Waals surface area (Å²) in [6.07, 6.45) is 10.1.